The van der Waals surface area contributed by atoms with E-state index in [4.69, 9.17) is 4.74 Å². The van der Waals surface area contributed by atoms with Gasteiger partial charge in [0.2, 0.25) is 0 Å². The van der Waals surface area contributed by atoms with Crippen LogP contribution in [0.15, 0.2) is 61.2 Å². The van der Waals surface area contributed by atoms with Crippen LogP contribution in [0.25, 0.3) is 5.69 Å². The highest BCUT2D eigenvalue weighted by Crippen LogP contribution is 2.16. The SMILES string of the molecule is Cc1ccc(OCC(=O)NCc2ccccc2-n2ccnc2)cc1C. The number of aromatic nitrogens is 2. The lowest BCUT2D eigenvalue weighted by Gasteiger charge is -2.12. The van der Waals surface area contributed by atoms with Crippen LogP contribution in [0, 0.1) is 13.8 Å². The Balaban J connectivity index is 1.57. The van der Waals surface area contributed by atoms with E-state index in [1.165, 1.54) is 5.56 Å². The molecule has 25 heavy (non-hydrogen) atoms. The van der Waals surface area contributed by atoms with Crippen molar-refractivity contribution in [3.8, 4) is 11.4 Å². The van der Waals surface area contributed by atoms with Gasteiger partial charge in [-0.25, -0.2) is 4.98 Å². The van der Waals surface area contributed by atoms with E-state index in [-0.39, 0.29) is 12.5 Å². The summed E-state index contributed by atoms with van der Waals surface area (Å²) in [5.74, 6) is 0.552. The average Bonchev–Trinajstić information content (AvgIpc) is 3.15. The van der Waals surface area contributed by atoms with Crippen LogP contribution in [0.3, 0.4) is 0 Å². The van der Waals surface area contributed by atoms with Crippen LogP contribution < -0.4 is 10.1 Å². The first-order chi connectivity index (χ1) is 12.1. The third-order valence-electron chi connectivity index (χ3n) is 4.10. The number of nitrogens with one attached hydrogen (secondary N) is 1. The third kappa shape index (κ3) is 4.26. The normalized spacial score (nSPS) is 10.5. The molecule has 0 unspecified atom stereocenters. The Labute approximate surface area is 147 Å². The van der Waals surface area contributed by atoms with E-state index in [0.717, 1.165) is 16.8 Å². The number of para-hydroxylation sites is 1. The molecule has 0 aliphatic heterocycles. The molecule has 0 atom stereocenters. The van der Waals surface area contributed by atoms with Crippen molar-refractivity contribution < 1.29 is 9.53 Å². The predicted molar refractivity (Wildman–Crippen MR) is 96.8 cm³/mol. The molecule has 1 heterocycles. The third-order valence-corrected chi connectivity index (χ3v) is 4.10. The quantitative estimate of drug-likeness (QED) is 0.753. The Morgan fingerprint density at radius 1 is 1.16 bits per heavy atom. The molecule has 1 aromatic heterocycles. The molecule has 3 rings (SSSR count). The van der Waals surface area contributed by atoms with Gasteiger partial charge in [0, 0.05) is 18.9 Å². The summed E-state index contributed by atoms with van der Waals surface area (Å²) in [6.45, 7) is 4.50. The van der Waals surface area contributed by atoms with Crippen LogP contribution in [0.1, 0.15) is 16.7 Å². The summed E-state index contributed by atoms with van der Waals surface area (Å²) < 4.78 is 7.49. The molecular weight excluding hydrogens is 314 g/mol. The smallest absolute Gasteiger partial charge is 0.258 e. The minimum absolute atomic E-state index is 0.00422. The molecule has 0 aliphatic rings. The number of hydrogen-bond donors (Lipinski definition) is 1. The maximum atomic E-state index is 12.1. The zero-order valence-corrected chi connectivity index (χ0v) is 14.4. The highest BCUT2D eigenvalue weighted by atomic mass is 16.5. The van der Waals surface area contributed by atoms with Crippen LogP contribution in [0.5, 0.6) is 5.75 Å². The fourth-order valence-corrected chi connectivity index (χ4v) is 2.51. The number of ether oxygens (including phenoxy) is 1. The second-order valence-electron chi connectivity index (χ2n) is 5.91. The van der Waals surface area contributed by atoms with Gasteiger partial charge < -0.3 is 14.6 Å². The molecule has 5 heteroatoms. The van der Waals surface area contributed by atoms with Crippen LogP contribution in [0.2, 0.25) is 0 Å². The van der Waals surface area contributed by atoms with Crippen LogP contribution in [-0.4, -0.2) is 22.1 Å². The van der Waals surface area contributed by atoms with Crippen molar-refractivity contribution in [2.45, 2.75) is 20.4 Å². The molecule has 0 spiro atoms. The summed E-state index contributed by atoms with van der Waals surface area (Å²) in [6, 6.07) is 13.7. The monoisotopic (exact) mass is 335 g/mol. The van der Waals surface area contributed by atoms with Crippen molar-refractivity contribution in [2.75, 3.05) is 6.61 Å². The second-order valence-corrected chi connectivity index (χ2v) is 5.91. The molecule has 0 fully saturated rings. The number of carbonyl (C=O) groups excluding carboxylic acids is 1. The van der Waals surface area contributed by atoms with Gasteiger partial charge in [0.15, 0.2) is 6.61 Å². The number of aryl methyl sites for hydroxylation is 2. The molecule has 3 aromatic rings. The van der Waals surface area contributed by atoms with Crippen molar-refractivity contribution in [2.24, 2.45) is 0 Å². The van der Waals surface area contributed by atoms with E-state index < -0.39 is 0 Å². The Hall–Kier alpha value is -3.08. The molecular formula is C20H21N3O2. The van der Waals surface area contributed by atoms with E-state index in [0.29, 0.717) is 12.3 Å². The maximum Gasteiger partial charge on any atom is 0.258 e. The van der Waals surface area contributed by atoms with Crippen LogP contribution in [-0.2, 0) is 11.3 Å². The van der Waals surface area contributed by atoms with Crippen molar-refractivity contribution >= 4 is 5.91 Å². The van der Waals surface area contributed by atoms with Gasteiger partial charge in [-0.2, -0.15) is 0 Å². The molecule has 2 aromatic carbocycles. The Kier molecular flexibility index (Phi) is 5.14. The summed E-state index contributed by atoms with van der Waals surface area (Å²) in [4.78, 5) is 16.2. The Morgan fingerprint density at radius 2 is 2.00 bits per heavy atom. The first kappa shape index (κ1) is 16.8. The van der Waals surface area contributed by atoms with Gasteiger partial charge in [-0.3, -0.25) is 4.79 Å². The standard InChI is InChI=1S/C20H21N3O2/c1-15-7-8-18(11-16(15)2)25-13-20(24)22-12-17-5-3-4-6-19(17)23-10-9-21-14-23/h3-11,14H,12-13H2,1-2H3,(H,22,24). The lowest BCUT2D eigenvalue weighted by molar-refractivity contribution is -0.123. The Bertz CT molecular complexity index is 857. The van der Waals surface area contributed by atoms with Crippen LogP contribution in [0.4, 0.5) is 0 Å². The van der Waals surface area contributed by atoms with Gasteiger partial charge in [-0.1, -0.05) is 24.3 Å². The zero-order valence-electron chi connectivity index (χ0n) is 14.4. The minimum atomic E-state index is -0.154. The van der Waals surface area contributed by atoms with Crippen molar-refractivity contribution in [3.63, 3.8) is 0 Å². The van der Waals surface area contributed by atoms with Crippen LogP contribution >= 0.6 is 0 Å². The summed E-state index contributed by atoms with van der Waals surface area (Å²) >= 11 is 0. The summed E-state index contributed by atoms with van der Waals surface area (Å²) in [5, 5.41) is 2.90. The number of rotatable bonds is 6. The van der Waals surface area contributed by atoms with Gasteiger partial charge in [-0.15, -0.1) is 0 Å². The van der Waals surface area contributed by atoms with E-state index in [2.05, 4.69) is 10.3 Å². The van der Waals surface area contributed by atoms with Gasteiger partial charge in [-0.05, 0) is 48.7 Å². The fourth-order valence-electron chi connectivity index (χ4n) is 2.51. The minimum Gasteiger partial charge on any atom is -0.484 e. The molecule has 0 radical (unpaired) electrons. The first-order valence-electron chi connectivity index (χ1n) is 8.16. The van der Waals surface area contributed by atoms with Crippen molar-refractivity contribution in [1.82, 2.24) is 14.9 Å². The summed E-state index contributed by atoms with van der Waals surface area (Å²) in [5.41, 5.74) is 4.36. The van der Waals surface area contributed by atoms with Crippen molar-refractivity contribution in [1.29, 1.82) is 0 Å². The lowest BCUT2D eigenvalue weighted by Crippen LogP contribution is -2.28. The number of hydrogen-bond acceptors (Lipinski definition) is 3. The summed E-state index contributed by atoms with van der Waals surface area (Å²) in [7, 11) is 0. The largest absolute Gasteiger partial charge is 0.484 e. The zero-order chi connectivity index (χ0) is 17.6. The van der Waals surface area contributed by atoms with E-state index >= 15 is 0 Å². The number of benzene rings is 2. The topological polar surface area (TPSA) is 56.1 Å². The molecule has 0 saturated carbocycles. The number of amides is 1. The highest BCUT2D eigenvalue weighted by Gasteiger charge is 2.07. The van der Waals surface area contributed by atoms with E-state index in [1.54, 1.807) is 12.5 Å². The predicted octanol–water partition coefficient (Wildman–Crippen LogP) is 3.18. The van der Waals surface area contributed by atoms with Gasteiger partial charge in [0.25, 0.3) is 5.91 Å². The molecule has 5 nitrogen and oxygen atoms in total. The van der Waals surface area contributed by atoms with Gasteiger partial charge in [0.05, 0.1) is 12.0 Å². The number of nitrogens with zero attached hydrogens (tertiary/aromatic N) is 2. The molecule has 0 saturated heterocycles. The van der Waals surface area contributed by atoms with E-state index in [9.17, 15) is 4.79 Å². The average molecular weight is 335 g/mol. The lowest BCUT2D eigenvalue weighted by atomic mass is 10.1. The summed E-state index contributed by atoms with van der Waals surface area (Å²) in [6.07, 6.45) is 5.35. The van der Waals surface area contributed by atoms with Gasteiger partial charge in [0.1, 0.15) is 5.75 Å². The maximum absolute atomic E-state index is 12.1. The number of imidazole rings is 1. The molecule has 0 aliphatic carbocycles. The molecule has 0 bridgehead atoms. The van der Waals surface area contributed by atoms with E-state index in [1.807, 2.05) is 67.1 Å². The highest BCUT2D eigenvalue weighted by molar-refractivity contribution is 5.77. The first-order valence-corrected chi connectivity index (χ1v) is 8.16. The van der Waals surface area contributed by atoms with Gasteiger partial charge >= 0.3 is 0 Å². The van der Waals surface area contributed by atoms with Crippen molar-refractivity contribution in [3.05, 3.63) is 77.9 Å². The molecule has 1 amide bonds. The number of carbonyl (C=O) groups is 1. The fraction of sp³-hybridized carbons (Fsp3) is 0.200. The molecule has 1 N–H and O–H groups in total. The molecule has 128 valence electrons. The Morgan fingerprint density at radius 3 is 2.76 bits per heavy atom. The second kappa shape index (κ2) is 7.66.